The molecule has 1 heterocycles. The van der Waals surface area contributed by atoms with Crippen LogP contribution in [0.2, 0.25) is 0 Å². The minimum absolute atomic E-state index is 0.152. The SMILES string of the molecule is CN(C)C1CC2(CCN(Cc3ccc(F)c(C#N)c3)CC2)C1.O=CO.O=CO. The summed E-state index contributed by atoms with van der Waals surface area (Å²) in [4.78, 5) is 21.5. The van der Waals surface area contributed by atoms with Crippen molar-refractivity contribution in [2.45, 2.75) is 38.3 Å². The summed E-state index contributed by atoms with van der Waals surface area (Å²) >= 11 is 0. The lowest BCUT2D eigenvalue weighted by Crippen LogP contribution is -2.53. The molecule has 1 spiro atoms. The first-order valence-electron chi connectivity index (χ1n) is 9.07. The molecular weight excluding hydrogens is 365 g/mol. The number of halogens is 1. The maximum atomic E-state index is 13.4. The average molecular weight is 393 g/mol. The van der Waals surface area contributed by atoms with Crippen LogP contribution >= 0.6 is 0 Å². The van der Waals surface area contributed by atoms with Crippen LogP contribution in [-0.2, 0) is 16.1 Å². The molecule has 1 saturated heterocycles. The summed E-state index contributed by atoms with van der Waals surface area (Å²) in [5.41, 5.74) is 1.76. The summed E-state index contributed by atoms with van der Waals surface area (Å²) in [5, 5.41) is 22.7. The van der Waals surface area contributed by atoms with E-state index in [-0.39, 0.29) is 18.5 Å². The van der Waals surface area contributed by atoms with Crippen LogP contribution in [0, 0.1) is 22.6 Å². The van der Waals surface area contributed by atoms with Crippen LogP contribution in [0.1, 0.15) is 36.8 Å². The monoisotopic (exact) mass is 393 g/mol. The Morgan fingerprint density at radius 3 is 2.25 bits per heavy atom. The van der Waals surface area contributed by atoms with Gasteiger partial charge in [0.15, 0.2) is 0 Å². The molecule has 28 heavy (non-hydrogen) atoms. The normalized spacial score (nSPS) is 18.0. The molecule has 1 aromatic carbocycles. The number of piperidine rings is 1. The summed E-state index contributed by atoms with van der Waals surface area (Å²) in [7, 11) is 4.35. The van der Waals surface area contributed by atoms with Crippen molar-refractivity contribution in [1.82, 2.24) is 9.80 Å². The van der Waals surface area contributed by atoms with Crippen LogP contribution in [0.5, 0.6) is 0 Å². The van der Waals surface area contributed by atoms with Gasteiger partial charge in [-0.05, 0) is 76.0 Å². The number of carbonyl (C=O) groups is 2. The fourth-order valence-corrected chi connectivity index (χ4v) is 3.91. The lowest BCUT2D eigenvalue weighted by atomic mass is 9.60. The zero-order valence-corrected chi connectivity index (χ0v) is 16.3. The summed E-state index contributed by atoms with van der Waals surface area (Å²) in [6, 6.07) is 7.58. The van der Waals surface area contributed by atoms with Gasteiger partial charge in [-0.2, -0.15) is 5.26 Å². The molecule has 0 radical (unpaired) electrons. The molecule has 1 aliphatic heterocycles. The molecule has 1 aromatic rings. The van der Waals surface area contributed by atoms with Gasteiger partial charge in [0.25, 0.3) is 12.9 Å². The van der Waals surface area contributed by atoms with Crippen molar-refractivity contribution in [1.29, 1.82) is 5.26 Å². The van der Waals surface area contributed by atoms with Crippen molar-refractivity contribution in [3.8, 4) is 6.07 Å². The van der Waals surface area contributed by atoms with E-state index in [0.717, 1.165) is 31.2 Å². The maximum Gasteiger partial charge on any atom is 0.290 e. The molecule has 0 atom stereocenters. The molecule has 1 aliphatic carbocycles. The number of likely N-dealkylation sites (tertiary alicyclic amines) is 1. The van der Waals surface area contributed by atoms with Gasteiger partial charge in [0.1, 0.15) is 11.9 Å². The molecule has 2 N–H and O–H groups in total. The van der Waals surface area contributed by atoms with E-state index in [1.54, 1.807) is 12.1 Å². The molecule has 0 bridgehead atoms. The molecule has 154 valence electrons. The first kappa shape index (κ1) is 23.5. The Morgan fingerprint density at radius 1 is 1.25 bits per heavy atom. The Morgan fingerprint density at radius 2 is 1.79 bits per heavy atom. The van der Waals surface area contributed by atoms with Gasteiger partial charge in [-0.15, -0.1) is 0 Å². The Bertz CT molecular complexity index is 669. The van der Waals surface area contributed by atoms with Crippen LogP contribution in [0.3, 0.4) is 0 Å². The highest BCUT2D eigenvalue weighted by atomic mass is 19.1. The van der Waals surface area contributed by atoms with Gasteiger partial charge < -0.3 is 15.1 Å². The smallest absolute Gasteiger partial charge is 0.290 e. The fourth-order valence-electron chi connectivity index (χ4n) is 3.91. The zero-order chi connectivity index (χ0) is 21.2. The van der Waals surface area contributed by atoms with Crippen LogP contribution in [-0.4, -0.2) is 66.2 Å². The van der Waals surface area contributed by atoms with Gasteiger partial charge in [0.2, 0.25) is 0 Å². The maximum absolute atomic E-state index is 13.4. The second-order valence-electron chi connectivity index (χ2n) is 7.44. The van der Waals surface area contributed by atoms with Crippen molar-refractivity contribution in [3.63, 3.8) is 0 Å². The molecule has 1 saturated carbocycles. The standard InChI is InChI=1S/C18H24FN3.2CH2O2/c1-21(2)16-10-18(11-16)5-7-22(8-6-18)13-14-3-4-17(19)15(9-14)12-20;2*2-1-3/h3-4,9,16H,5-8,10-11,13H2,1-2H3;2*1H,(H,2,3). The molecule has 3 rings (SSSR count). The highest BCUT2D eigenvalue weighted by molar-refractivity contribution is 5.34. The van der Waals surface area contributed by atoms with Gasteiger partial charge in [-0.25, -0.2) is 4.39 Å². The third-order valence-corrected chi connectivity index (χ3v) is 5.54. The Labute approximate surface area is 165 Å². The largest absolute Gasteiger partial charge is 0.483 e. The molecule has 7 nitrogen and oxygen atoms in total. The topological polar surface area (TPSA) is 105 Å². The number of nitriles is 1. The summed E-state index contributed by atoms with van der Waals surface area (Å²) < 4.78 is 13.4. The van der Waals surface area contributed by atoms with E-state index >= 15 is 0 Å². The van der Waals surface area contributed by atoms with Gasteiger partial charge in [0, 0.05) is 12.6 Å². The molecule has 2 aliphatic rings. The molecule has 2 fully saturated rings. The average Bonchev–Trinajstić information content (AvgIpc) is 2.63. The minimum atomic E-state index is -0.423. The number of hydrogen-bond donors (Lipinski definition) is 2. The fraction of sp³-hybridized carbons (Fsp3) is 0.550. The Balaban J connectivity index is 0.000000582. The number of hydrogen-bond acceptors (Lipinski definition) is 5. The van der Waals surface area contributed by atoms with E-state index in [9.17, 15) is 4.39 Å². The third-order valence-electron chi connectivity index (χ3n) is 5.54. The van der Waals surface area contributed by atoms with Crippen LogP contribution in [0.4, 0.5) is 4.39 Å². The molecule has 8 heteroatoms. The van der Waals surface area contributed by atoms with Gasteiger partial charge in [-0.1, -0.05) is 6.07 Å². The minimum Gasteiger partial charge on any atom is -0.483 e. The summed E-state index contributed by atoms with van der Waals surface area (Å²) in [6.07, 6.45) is 5.21. The second kappa shape index (κ2) is 11.4. The van der Waals surface area contributed by atoms with E-state index in [4.69, 9.17) is 25.1 Å². The van der Waals surface area contributed by atoms with Gasteiger partial charge >= 0.3 is 0 Å². The third kappa shape index (κ3) is 6.59. The van der Waals surface area contributed by atoms with Crippen LogP contribution in [0.15, 0.2) is 18.2 Å². The predicted molar refractivity (Wildman–Crippen MR) is 102 cm³/mol. The first-order valence-corrected chi connectivity index (χ1v) is 9.07. The van der Waals surface area contributed by atoms with Crippen molar-refractivity contribution >= 4 is 12.9 Å². The van der Waals surface area contributed by atoms with E-state index in [2.05, 4.69) is 23.9 Å². The Hall–Kier alpha value is -2.50. The van der Waals surface area contributed by atoms with Crippen molar-refractivity contribution in [2.24, 2.45) is 5.41 Å². The van der Waals surface area contributed by atoms with Gasteiger partial charge in [-0.3, -0.25) is 14.5 Å². The van der Waals surface area contributed by atoms with Crippen molar-refractivity contribution in [2.75, 3.05) is 27.2 Å². The van der Waals surface area contributed by atoms with Crippen molar-refractivity contribution < 1.29 is 24.2 Å². The molecular formula is C20H28FN3O4. The van der Waals surface area contributed by atoms with E-state index in [1.807, 2.05) is 6.07 Å². The van der Waals surface area contributed by atoms with Gasteiger partial charge in [0.05, 0.1) is 5.56 Å². The van der Waals surface area contributed by atoms with E-state index in [1.165, 1.54) is 31.7 Å². The van der Waals surface area contributed by atoms with Crippen LogP contribution < -0.4 is 0 Å². The molecule has 0 amide bonds. The summed E-state index contributed by atoms with van der Waals surface area (Å²) in [6.45, 7) is 2.54. The highest BCUT2D eigenvalue weighted by Crippen LogP contribution is 2.50. The summed E-state index contributed by atoms with van der Waals surface area (Å²) in [5.74, 6) is -0.423. The number of benzene rings is 1. The number of nitrogens with zero attached hydrogens (tertiary/aromatic N) is 3. The highest BCUT2D eigenvalue weighted by Gasteiger charge is 2.46. The Kier molecular flexibility index (Phi) is 9.56. The van der Waals surface area contributed by atoms with Crippen molar-refractivity contribution in [3.05, 3.63) is 35.1 Å². The van der Waals surface area contributed by atoms with Crippen LogP contribution in [0.25, 0.3) is 0 Å². The number of rotatable bonds is 3. The number of carboxylic acid groups (broad SMARTS) is 2. The first-order chi connectivity index (χ1) is 13.3. The lowest BCUT2D eigenvalue weighted by molar-refractivity contribution is -0.123. The van der Waals surface area contributed by atoms with E-state index in [0.29, 0.717) is 5.41 Å². The lowest BCUT2D eigenvalue weighted by Gasteiger charge is -2.54. The van der Waals surface area contributed by atoms with E-state index < -0.39 is 5.82 Å². The predicted octanol–water partition coefficient (Wildman–Crippen LogP) is 2.41. The second-order valence-corrected chi connectivity index (χ2v) is 7.44. The quantitative estimate of drug-likeness (QED) is 0.760. The zero-order valence-electron chi connectivity index (χ0n) is 16.3. The molecule has 0 unspecified atom stereocenters. The molecule has 0 aromatic heterocycles.